The van der Waals surface area contributed by atoms with Crippen LogP contribution in [-0.2, 0) is 16.9 Å². The number of hydrogen-bond acceptors (Lipinski definition) is 1. The molecule has 21 heavy (non-hydrogen) atoms. The summed E-state index contributed by atoms with van der Waals surface area (Å²) >= 11 is 0. The molecule has 0 spiro atoms. The third-order valence-corrected chi connectivity index (χ3v) is 7.09. The van der Waals surface area contributed by atoms with Gasteiger partial charge in [0.05, 0.1) is 0 Å². The van der Waals surface area contributed by atoms with Crippen LogP contribution in [0.2, 0.25) is 0 Å². The Kier molecular flexibility index (Phi) is 4.22. The van der Waals surface area contributed by atoms with Crippen LogP contribution in [-0.4, -0.2) is 5.66 Å². The maximum absolute atomic E-state index is 13.7. The SMILES string of the molecule is O=P(Cc1ccccc1)(Cc1ccccc1)C1C=CC=C1. The minimum Gasteiger partial charge on any atom is -0.322 e. The second-order valence-electron chi connectivity index (χ2n) is 5.50. The van der Waals surface area contributed by atoms with Crippen molar-refractivity contribution in [3.8, 4) is 0 Å². The molecule has 0 fully saturated rings. The van der Waals surface area contributed by atoms with Crippen LogP contribution in [0.15, 0.2) is 85.0 Å². The number of benzene rings is 2. The van der Waals surface area contributed by atoms with Crippen LogP contribution in [0, 0.1) is 0 Å². The molecular weight excluding hydrogens is 275 g/mol. The summed E-state index contributed by atoms with van der Waals surface area (Å²) in [4.78, 5) is 0. The molecule has 0 atom stereocenters. The second kappa shape index (κ2) is 6.28. The van der Waals surface area contributed by atoms with Crippen molar-refractivity contribution in [1.29, 1.82) is 0 Å². The van der Waals surface area contributed by atoms with Gasteiger partial charge >= 0.3 is 0 Å². The van der Waals surface area contributed by atoms with Gasteiger partial charge < -0.3 is 4.57 Å². The molecule has 0 aromatic heterocycles. The molecule has 0 amide bonds. The molecule has 1 aliphatic rings. The van der Waals surface area contributed by atoms with Crippen molar-refractivity contribution in [2.45, 2.75) is 18.0 Å². The summed E-state index contributed by atoms with van der Waals surface area (Å²) in [6.45, 7) is 0. The van der Waals surface area contributed by atoms with Gasteiger partial charge in [-0.3, -0.25) is 0 Å². The molecule has 1 aliphatic carbocycles. The maximum atomic E-state index is 13.7. The summed E-state index contributed by atoms with van der Waals surface area (Å²) in [5, 5.41) is 0. The zero-order valence-corrected chi connectivity index (χ0v) is 12.8. The normalized spacial score (nSPS) is 14.7. The largest absolute Gasteiger partial charge is 0.322 e. The molecule has 0 N–H and O–H groups in total. The first-order chi connectivity index (χ1) is 10.3. The lowest BCUT2D eigenvalue weighted by atomic mass is 10.2. The molecule has 3 rings (SSSR count). The second-order valence-corrected chi connectivity index (χ2v) is 8.63. The van der Waals surface area contributed by atoms with E-state index in [0.717, 1.165) is 11.1 Å². The zero-order chi connectivity index (χ0) is 14.5. The van der Waals surface area contributed by atoms with E-state index in [9.17, 15) is 4.57 Å². The van der Waals surface area contributed by atoms with Crippen LogP contribution < -0.4 is 0 Å². The van der Waals surface area contributed by atoms with E-state index < -0.39 is 7.14 Å². The number of rotatable bonds is 5. The fraction of sp³-hybridized carbons (Fsp3) is 0.158. The molecule has 0 heterocycles. The summed E-state index contributed by atoms with van der Waals surface area (Å²) < 4.78 is 13.7. The molecule has 2 heteroatoms. The van der Waals surface area contributed by atoms with Gasteiger partial charge in [-0.25, -0.2) is 0 Å². The minimum absolute atomic E-state index is 0.0675. The van der Waals surface area contributed by atoms with E-state index in [1.807, 2.05) is 48.6 Å². The fourth-order valence-electron chi connectivity index (χ4n) is 2.79. The van der Waals surface area contributed by atoms with Gasteiger partial charge in [-0.15, -0.1) is 0 Å². The van der Waals surface area contributed by atoms with Crippen molar-refractivity contribution in [1.82, 2.24) is 0 Å². The third kappa shape index (κ3) is 3.43. The van der Waals surface area contributed by atoms with E-state index in [1.165, 1.54) is 0 Å². The molecule has 2 aromatic rings. The van der Waals surface area contributed by atoms with Gasteiger partial charge in [0.15, 0.2) is 0 Å². The Morgan fingerprint density at radius 1 is 0.714 bits per heavy atom. The molecule has 2 aromatic carbocycles. The van der Waals surface area contributed by atoms with E-state index in [0.29, 0.717) is 12.3 Å². The lowest BCUT2D eigenvalue weighted by Gasteiger charge is -2.23. The fourth-order valence-corrected chi connectivity index (χ4v) is 5.80. The quantitative estimate of drug-likeness (QED) is 0.689. The molecule has 0 saturated carbocycles. The van der Waals surface area contributed by atoms with Gasteiger partial charge in [0.2, 0.25) is 0 Å². The Morgan fingerprint density at radius 3 is 1.57 bits per heavy atom. The number of allylic oxidation sites excluding steroid dienone is 4. The van der Waals surface area contributed by atoms with Crippen molar-refractivity contribution in [3.63, 3.8) is 0 Å². The van der Waals surface area contributed by atoms with Crippen molar-refractivity contribution in [2.24, 2.45) is 0 Å². The average Bonchev–Trinajstić information content (AvgIpc) is 3.04. The van der Waals surface area contributed by atoms with Gasteiger partial charge in [-0.2, -0.15) is 0 Å². The van der Waals surface area contributed by atoms with E-state index in [-0.39, 0.29) is 5.66 Å². The molecular formula is C19H19OP. The van der Waals surface area contributed by atoms with Crippen molar-refractivity contribution in [2.75, 3.05) is 0 Å². The summed E-state index contributed by atoms with van der Waals surface area (Å²) in [7, 11) is -2.38. The van der Waals surface area contributed by atoms with Gasteiger partial charge in [-0.05, 0) is 11.1 Å². The average molecular weight is 294 g/mol. The summed E-state index contributed by atoms with van der Waals surface area (Å²) in [5.41, 5.74) is 2.38. The van der Waals surface area contributed by atoms with Gasteiger partial charge in [0, 0.05) is 18.0 Å². The highest BCUT2D eigenvalue weighted by atomic mass is 31.2. The van der Waals surface area contributed by atoms with Crippen LogP contribution in [0.1, 0.15) is 11.1 Å². The minimum atomic E-state index is -2.38. The highest BCUT2D eigenvalue weighted by molar-refractivity contribution is 7.63. The first kappa shape index (κ1) is 14.1. The highest BCUT2D eigenvalue weighted by Crippen LogP contribution is 2.58. The maximum Gasteiger partial charge on any atom is 0.106 e. The predicted octanol–water partition coefficient (Wildman–Crippen LogP) is 5.24. The van der Waals surface area contributed by atoms with Gasteiger partial charge in [-0.1, -0.05) is 85.0 Å². The summed E-state index contributed by atoms with van der Waals surface area (Å²) in [6.07, 6.45) is 9.48. The molecule has 0 unspecified atom stereocenters. The first-order valence-electron chi connectivity index (χ1n) is 7.27. The molecule has 1 nitrogen and oxygen atoms in total. The lowest BCUT2D eigenvalue weighted by Crippen LogP contribution is -2.05. The Bertz CT molecular complexity index is 629. The van der Waals surface area contributed by atoms with Crippen LogP contribution in [0.4, 0.5) is 0 Å². The molecule has 0 saturated heterocycles. The van der Waals surface area contributed by atoms with Crippen LogP contribution in [0.3, 0.4) is 0 Å². The first-order valence-corrected chi connectivity index (χ1v) is 9.41. The number of hydrogen-bond donors (Lipinski definition) is 0. The van der Waals surface area contributed by atoms with Crippen LogP contribution >= 0.6 is 7.14 Å². The summed E-state index contributed by atoms with van der Waals surface area (Å²) in [6, 6.07) is 20.3. The summed E-state index contributed by atoms with van der Waals surface area (Å²) in [5.74, 6) is 0. The molecule has 0 radical (unpaired) electrons. The smallest absolute Gasteiger partial charge is 0.106 e. The highest BCUT2D eigenvalue weighted by Gasteiger charge is 2.31. The lowest BCUT2D eigenvalue weighted by molar-refractivity contribution is 0.571. The van der Waals surface area contributed by atoms with Crippen LogP contribution in [0.5, 0.6) is 0 Å². The Morgan fingerprint density at radius 2 is 1.14 bits per heavy atom. The third-order valence-electron chi connectivity index (χ3n) is 3.86. The Balaban J connectivity index is 1.89. The van der Waals surface area contributed by atoms with Crippen LogP contribution in [0.25, 0.3) is 0 Å². The molecule has 106 valence electrons. The topological polar surface area (TPSA) is 17.1 Å². The standard InChI is InChI=1S/C19H19OP/c20-21(19-13-7-8-14-19,15-17-9-3-1-4-10-17)16-18-11-5-2-6-12-18/h1-14,19H,15-16H2. The van der Waals surface area contributed by atoms with Crippen molar-refractivity contribution < 1.29 is 4.57 Å². The van der Waals surface area contributed by atoms with Gasteiger partial charge in [0.25, 0.3) is 0 Å². The van der Waals surface area contributed by atoms with Gasteiger partial charge in [0.1, 0.15) is 7.14 Å². The Labute approximate surface area is 126 Å². The monoisotopic (exact) mass is 294 g/mol. The Hall–Kier alpha value is -1.85. The zero-order valence-electron chi connectivity index (χ0n) is 11.9. The molecule has 0 bridgehead atoms. The van der Waals surface area contributed by atoms with Crippen molar-refractivity contribution in [3.05, 3.63) is 96.1 Å². The predicted molar refractivity (Wildman–Crippen MR) is 90.0 cm³/mol. The van der Waals surface area contributed by atoms with Crippen molar-refractivity contribution >= 4 is 7.14 Å². The molecule has 0 aliphatic heterocycles. The van der Waals surface area contributed by atoms with E-state index in [1.54, 1.807) is 0 Å². The van der Waals surface area contributed by atoms with E-state index >= 15 is 0 Å². The van der Waals surface area contributed by atoms with E-state index in [2.05, 4.69) is 36.4 Å². The van der Waals surface area contributed by atoms with E-state index in [4.69, 9.17) is 0 Å².